The molecule has 1 aromatic carbocycles. The van der Waals surface area contributed by atoms with Gasteiger partial charge < -0.3 is 10.4 Å². The largest absolute Gasteiger partial charge is 0.388 e. The topological polar surface area (TPSA) is 105 Å². The number of nitro groups is 1. The van der Waals surface area contributed by atoms with Crippen LogP contribution in [0.1, 0.15) is 29.8 Å². The number of amides is 1. The molecular weight excluding hydrogens is 318 g/mol. The van der Waals surface area contributed by atoms with Gasteiger partial charge in [-0.15, -0.1) is 11.3 Å². The Morgan fingerprint density at radius 2 is 2.09 bits per heavy atom. The van der Waals surface area contributed by atoms with E-state index in [4.69, 9.17) is 0 Å². The van der Waals surface area contributed by atoms with Crippen LogP contribution in [0.3, 0.4) is 0 Å². The Hall–Kier alpha value is -2.32. The first-order valence-corrected chi connectivity index (χ1v) is 8.06. The molecule has 23 heavy (non-hydrogen) atoms. The van der Waals surface area contributed by atoms with Crippen molar-refractivity contribution in [1.82, 2.24) is 10.3 Å². The highest BCUT2D eigenvalue weighted by atomic mass is 32.1. The molecule has 0 unspecified atom stereocenters. The van der Waals surface area contributed by atoms with E-state index < -0.39 is 10.5 Å². The summed E-state index contributed by atoms with van der Waals surface area (Å²) in [6, 6.07) is 6.02. The van der Waals surface area contributed by atoms with Crippen LogP contribution in [0.25, 0.3) is 10.6 Å². The SMILES string of the molecule is O=C(NCC1(O)CCC1)c1csc(-c2ccc([N+](=O)[O-])cc2)n1. The third-order valence-electron chi connectivity index (χ3n) is 3.92. The van der Waals surface area contributed by atoms with Gasteiger partial charge in [-0.1, -0.05) is 0 Å². The summed E-state index contributed by atoms with van der Waals surface area (Å²) in [5, 5.41) is 25.6. The molecule has 120 valence electrons. The van der Waals surface area contributed by atoms with Crippen LogP contribution in [0.2, 0.25) is 0 Å². The maximum atomic E-state index is 12.1. The summed E-state index contributed by atoms with van der Waals surface area (Å²) >= 11 is 1.29. The van der Waals surface area contributed by atoms with Crippen LogP contribution in [0.15, 0.2) is 29.6 Å². The minimum absolute atomic E-state index is 0.0111. The monoisotopic (exact) mass is 333 g/mol. The standard InChI is InChI=1S/C15H15N3O4S/c19-13(16-9-15(20)6-1-7-15)12-8-23-14(17-12)10-2-4-11(5-3-10)18(21)22/h2-5,8,20H,1,6-7,9H2,(H,16,19). The van der Waals surface area contributed by atoms with Crippen LogP contribution in [-0.4, -0.2) is 33.1 Å². The molecule has 1 aliphatic carbocycles. The van der Waals surface area contributed by atoms with Crippen molar-refractivity contribution in [2.24, 2.45) is 0 Å². The fourth-order valence-corrected chi connectivity index (χ4v) is 3.14. The highest BCUT2D eigenvalue weighted by molar-refractivity contribution is 7.13. The van der Waals surface area contributed by atoms with Gasteiger partial charge in [-0.3, -0.25) is 14.9 Å². The van der Waals surface area contributed by atoms with E-state index >= 15 is 0 Å². The number of hydrogen-bond donors (Lipinski definition) is 2. The zero-order valence-electron chi connectivity index (χ0n) is 12.2. The molecular formula is C15H15N3O4S. The third kappa shape index (κ3) is 3.38. The first-order chi connectivity index (χ1) is 11.0. The zero-order chi connectivity index (χ0) is 16.4. The summed E-state index contributed by atoms with van der Waals surface area (Å²) in [6.07, 6.45) is 2.39. The second-order valence-corrected chi connectivity index (χ2v) is 6.46. The van der Waals surface area contributed by atoms with Gasteiger partial charge in [0.25, 0.3) is 11.6 Å². The van der Waals surface area contributed by atoms with Crippen molar-refractivity contribution in [1.29, 1.82) is 0 Å². The van der Waals surface area contributed by atoms with Crippen LogP contribution in [0.4, 0.5) is 5.69 Å². The first kappa shape index (κ1) is 15.6. The molecule has 2 N–H and O–H groups in total. The van der Waals surface area contributed by atoms with Crippen molar-refractivity contribution < 1.29 is 14.8 Å². The van der Waals surface area contributed by atoms with Crippen molar-refractivity contribution >= 4 is 22.9 Å². The van der Waals surface area contributed by atoms with Gasteiger partial charge in [0.2, 0.25) is 0 Å². The predicted octanol–water partition coefficient (Wildman–Crippen LogP) is 2.36. The number of hydrogen-bond acceptors (Lipinski definition) is 6. The second kappa shape index (κ2) is 6.05. The van der Waals surface area contributed by atoms with E-state index in [1.54, 1.807) is 17.5 Å². The van der Waals surface area contributed by atoms with Crippen LogP contribution in [0.5, 0.6) is 0 Å². The number of carbonyl (C=O) groups is 1. The lowest BCUT2D eigenvalue weighted by Gasteiger charge is -2.36. The van der Waals surface area contributed by atoms with E-state index in [9.17, 15) is 20.0 Å². The summed E-state index contributed by atoms with van der Waals surface area (Å²) in [7, 11) is 0. The Bertz CT molecular complexity index is 737. The van der Waals surface area contributed by atoms with Gasteiger partial charge in [0.15, 0.2) is 0 Å². The average Bonchev–Trinajstić information content (AvgIpc) is 3.01. The van der Waals surface area contributed by atoms with E-state index in [0.29, 0.717) is 17.8 Å². The fraction of sp³-hybridized carbons (Fsp3) is 0.333. The molecule has 2 aromatic rings. The maximum absolute atomic E-state index is 12.1. The van der Waals surface area contributed by atoms with Crippen LogP contribution in [-0.2, 0) is 0 Å². The number of rotatable bonds is 5. The molecule has 3 rings (SSSR count). The lowest BCUT2D eigenvalue weighted by atomic mass is 9.80. The lowest BCUT2D eigenvalue weighted by molar-refractivity contribution is -0.384. The maximum Gasteiger partial charge on any atom is 0.270 e. The molecule has 1 heterocycles. The number of aromatic nitrogens is 1. The van der Waals surface area contributed by atoms with Gasteiger partial charge in [0.05, 0.1) is 10.5 Å². The Balaban J connectivity index is 1.67. The normalized spacial score (nSPS) is 15.7. The Labute approximate surface area is 136 Å². The van der Waals surface area contributed by atoms with E-state index in [2.05, 4.69) is 10.3 Å². The van der Waals surface area contributed by atoms with E-state index in [1.807, 2.05) is 0 Å². The van der Waals surface area contributed by atoms with Crippen molar-refractivity contribution in [2.75, 3.05) is 6.54 Å². The smallest absolute Gasteiger partial charge is 0.270 e. The van der Waals surface area contributed by atoms with Crippen molar-refractivity contribution in [3.63, 3.8) is 0 Å². The Kier molecular flexibility index (Phi) is 4.10. The molecule has 1 aliphatic rings. The number of carbonyl (C=O) groups excluding carboxylic acids is 1. The molecule has 0 aliphatic heterocycles. The number of nitrogens with one attached hydrogen (secondary N) is 1. The molecule has 1 aromatic heterocycles. The summed E-state index contributed by atoms with van der Waals surface area (Å²) in [4.78, 5) is 26.5. The minimum atomic E-state index is -0.771. The highest BCUT2D eigenvalue weighted by Gasteiger charge is 2.34. The molecule has 0 radical (unpaired) electrons. The van der Waals surface area contributed by atoms with Crippen LogP contribution < -0.4 is 5.32 Å². The highest BCUT2D eigenvalue weighted by Crippen LogP contribution is 2.31. The molecule has 0 saturated heterocycles. The van der Waals surface area contributed by atoms with Gasteiger partial charge in [-0.2, -0.15) is 0 Å². The molecule has 8 heteroatoms. The molecule has 0 spiro atoms. The summed E-state index contributed by atoms with van der Waals surface area (Å²) in [6.45, 7) is 0.232. The minimum Gasteiger partial charge on any atom is -0.388 e. The van der Waals surface area contributed by atoms with Gasteiger partial charge in [0, 0.05) is 29.6 Å². The number of non-ortho nitro benzene ring substituents is 1. The van der Waals surface area contributed by atoms with Crippen LogP contribution >= 0.6 is 11.3 Å². The predicted molar refractivity (Wildman–Crippen MR) is 85.3 cm³/mol. The van der Waals surface area contributed by atoms with Gasteiger partial charge in [0.1, 0.15) is 10.7 Å². The number of benzene rings is 1. The fourth-order valence-electron chi connectivity index (χ4n) is 2.33. The summed E-state index contributed by atoms with van der Waals surface area (Å²) < 4.78 is 0. The van der Waals surface area contributed by atoms with E-state index in [1.165, 1.54) is 23.5 Å². The number of thiazole rings is 1. The van der Waals surface area contributed by atoms with E-state index in [-0.39, 0.29) is 23.8 Å². The Morgan fingerprint density at radius 1 is 1.39 bits per heavy atom. The van der Waals surface area contributed by atoms with Gasteiger partial charge >= 0.3 is 0 Å². The van der Waals surface area contributed by atoms with Crippen molar-refractivity contribution in [2.45, 2.75) is 24.9 Å². The molecule has 1 amide bonds. The Morgan fingerprint density at radius 3 is 2.65 bits per heavy atom. The molecule has 0 bridgehead atoms. The zero-order valence-corrected chi connectivity index (χ0v) is 13.0. The summed E-state index contributed by atoms with van der Waals surface area (Å²) in [5.74, 6) is -0.324. The summed E-state index contributed by atoms with van der Waals surface area (Å²) in [5.41, 5.74) is 0.243. The van der Waals surface area contributed by atoms with Gasteiger partial charge in [-0.05, 0) is 31.4 Å². The number of nitrogens with zero attached hydrogens (tertiary/aromatic N) is 2. The quantitative estimate of drug-likeness (QED) is 0.645. The average molecular weight is 333 g/mol. The van der Waals surface area contributed by atoms with Crippen molar-refractivity contribution in [3.05, 3.63) is 45.5 Å². The van der Waals surface area contributed by atoms with E-state index in [0.717, 1.165) is 12.0 Å². The van der Waals surface area contributed by atoms with Crippen LogP contribution in [0, 0.1) is 10.1 Å². The second-order valence-electron chi connectivity index (χ2n) is 5.60. The molecule has 0 atom stereocenters. The van der Waals surface area contributed by atoms with Gasteiger partial charge in [-0.25, -0.2) is 4.98 Å². The third-order valence-corrected chi connectivity index (χ3v) is 4.82. The van der Waals surface area contributed by atoms with Crippen molar-refractivity contribution in [3.8, 4) is 10.6 Å². The molecule has 1 fully saturated rings. The number of nitro benzene ring substituents is 1. The molecule has 1 saturated carbocycles. The number of aliphatic hydroxyl groups is 1. The lowest BCUT2D eigenvalue weighted by Crippen LogP contribution is -2.47. The first-order valence-electron chi connectivity index (χ1n) is 7.18. The molecule has 7 nitrogen and oxygen atoms in total.